The standard InChI is InChI=1S/C14H21NS/c1-16-9-5-4-8-15-11-13-10-12-6-2-3-7-14(12)13/h2-3,6-7,13,15H,4-5,8-11H2,1H3. The number of nitrogens with one attached hydrogen (secondary N) is 1. The van der Waals surface area contributed by atoms with Crippen molar-refractivity contribution in [2.24, 2.45) is 0 Å². The van der Waals surface area contributed by atoms with Gasteiger partial charge >= 0.3 is 0 Å². The molecule has 1 aromatic carbocycles. The Morgan fingerprint density at radius 3 is 3.00 bits per heavy atom. The highest BCUT2D eigenvalue weighted by molar-refractivity contribution is 7.98. The van der Waals surface area contributed by atoms with Crippen molar-refractivity contribution in [3.05, 3.63) is 35.4 Å². The first-order valence-corrected chi connectivity index (χ1v) is 7.58. The Hall–Kier alpha value is -0.470. The topological polar surface area (TPSA) is 12.0 Å². The van der Waals surface area contributed by atoms with Gasteiger partial charge in [0.05, 0.1) is 0 Å². The van der Waals surface area contributed by atoms with E-state index in [1.165, 1.54) is 31.6 Å². The highest BCUT2D eigenvalue weighted by Crippen LogP contribution is 2.33. The molecule has 1 N–H and O–H groups in total. The minimum Gasteiger partial charge on any atom is -0.316 e. The molecule has 0 radical (unpaired) electrons. The fourth-order valence-corrected chi connectivity index (χ4v) is 2.81. The van der Waals surface area contributed by atoms with E-state index >= 15 is 0 Å². The van der Waals surface area contributed by atoms with E-state index < -0.39 is 0 Å². The fourth-order valence-electron chi connectivity index (χ4n) is 2.32. The van der Waals surface area contributed by atoms with Gasteiger partial charge in [-0.1, -0.05) is 24.3 Å². The second-order valence-corrected chi connectivity index (χ2v) is 5.49. The summed E-state index contributed by atoms with van der Waals surface area (Å²) in [5.74, 6) is 2.07. The van der Waals surface area contributed by atoms with E-state index in [1.807, 2.05) is 11.8 Å². The zero-order chi connectivity index (χ0) is 11.2. The molecule has 0 saturated heterocycles. The maximum absolute atomic E-state index is 3.58. The van der Waals surface area contributed by atoms with Crippen molar-refractivity contribution in [3.63, 3.8) is 0 Å². The summed E-state index contributed by atoms with van der Waals surface area (Å²) < 4.78 is 0. The quantitative estimate of drug-likeness (QED) is 0.729. The number of hydrogen-bond acceptors (Lipinski definition) is 2. The number of fused-ring (bicyclic) bond motifs is 1. The Balaban J connectivity index is 1.59. The fraction of sp³-hybridized carbons (Fsp3) is 0.571. The molecule has 1 atom stereocenters. The summed E-state index contributed by atoms with van der Waals surface area (Å²) in [6.07, 6.45) is 6.11. The average Bonchev–Trinajstić information content (AvgIpc) is 2.28. The molecule has 16 heavy (non-hydrogen) atoms. The van der Waals surface area contributed by atoms with Crippen LogP contribution < -0.4 is 5.32 Å². The lowest BCUT2D eigenvalue weighted by Crippen LogP contribution is -2.29. The highest BCUT2D eigenvalue weighted by atomic mass is 32.2. The molecule has 2 heteroatoms. The molecule has 0 fully saturated rings. The monoisotopic (exact) mass is 235 g/mol. The molecule has 0 aromatic heterocycles. The maximum Gasteiger partial charge on any atom is 0.00234 e. The minimum absolute atomic E-state index is 0.775. The molecular weight excluding hydrogens is 214 g/mol. The minimum atomic E-state index is 0.775. The van der Waals surface area contributed by atoms with Crippen LogP contribution in [-0.4, -0.2) is 25.1 Å². The van der Waals surface area contributed by atoms with Gasteiger partial charge < -0.3 is 5.32 Å². The Labute approximate surface area is 103 Å². The predicted molar refractivity (Wildman–Crippen MR) is 73.4 cm³/mol. The van der Waals surface area contributed by atoms with E-state index in [-0.39, 0.29) is 0 Å². The van der Waals surface area contributed by atoms with E-state index in [9.17, 15) is 0 Å². The lowest BCUT2D eigenvalue weighted by molar-refractivity contribution is 0.528. The zero-order valence-electron chi connectivity index (χ0n) is 10.0. The van der Waals surface area contributed by atoms with Crippen molar-refractivity contribution in [2.45, 2.75) is 25.2 Å². The maximum atomic E-state index is 3.58. The first-order chi connectivity index (χ1) is 7.92. The van der Waals surface area contributed by atoms with Crippen molar-refractivity contribution < 1.29 is 0 Å². The Morgan fingerprint density at radius 2 is 2.19 bits per heavy atom. The second kappa shape index (κ2) is 6.31. The van der Waals surface area contributed by atoms with Gasteiger partial charge in [0.2, 0.25) is 0 Å². The van der Waals surface area contributed by atoms with Crippen molar-refractivity contribution in [3.8, 4) is 0 Å². The molecule has 0 heterocycles. The van der Waals surface area contributed by atoms with Gasteiger partial charge in [0, 0.05) is 12.5 Å². The van der Waals surface area contributed by atoms with Crippen LogP contribution in [-0.2, 0) is 6.42 Å². The average molecular weight is 235 g/mol. The van der Waals surface area contributed by atoms with Crippen LogP contribution in [0.25, 0.3) is 0 Å². The van der Waals surface area contributed by atoms with Gasteiger partial charge in [0.25, 0.3) is 0 Å². The number of thioether (sulfide) groups is 1. The SMILES string of the molecule is CSCCCCNCC1Cc2ccccc21. The third kappa shape index (κ3) is 3.02. The van der Waals surface area contributed by atoms with Crippen LogP contribution in [0.3, 0.4) is 0 Å². The largest absolute Gasteiger partial charge is 0.316 e. The van der Waals surface area contributed by atoms with Crippen LogP contribution in [0, 0.1) is 0 Å². The van der Waals surface area contributed by atoms with Gasteiger partial charge in [-0.25, -0.2) is 0 Å². The molecule has 0 bridgehead atoms. The zero-order valence-corrected chi connectivity index (χ0v) is 10.9. The Kier molecular flexibility index (Phi) is 4.73. The van der Waals surface area contributed by atoms with Crippen molar-refractivity contribution in [1.29, 1.82) is 0 Å². The van der Waals surface area contributed by atoms with Crippen molar-refractivity contribution >= 4 is 11.8 Å². The molecule has 2 rings (SSSR count). The normalized spacial score (nSPS) is 17.9. The van der Waals surface area contributed by atoms with Crippen molar-refractivity contribution in [2.75, 3.05) is 25.1 Å². The van der Waals surface area contributed by atoms with Crippen LogP contribution in [0.15, 0.2) is 24.3 Å². The molecule has 0 spiro atoms. The molecule has 88 valence electrons. The van der Waals surface area contributed by atoms with Crippen LogP contribution in [0.1, 0.15) is 29.9 Å². The van der Waals surface area contributed by atoms with E-state index in [1.54, 1.807) is 11.1 Å². The van der Waals surface area contributed by atoms with Crippen molar-refractivity contribution in [1.82, 2.24) is 5.32 Å². The summed E-state index contributed by atoms with van der Waals surface area (Å²) in [6, 6.07) is 8.83. The van der Waals surface area contributed by atoms with E-state index in [0.717, 1.165) is 12.5 Å². The molecular formula is C14H21NS. The van der Waals surface area contributed by atoms with E-state index in [4.69, 9.17) is 0 Å². The van der Waals surface area contributed by atoms with Crippen LogP contribution in [0.4, 0.5) is 0 Å². The second-order valence-electron chi connectivity index (χ2n) is 4.50. The van der Waals surface area contributed by atoms with E-state index in [0.29, 0.717) is 0 Å². The summed E-state index contributed by atoms with van der Waals surface area (Å²) in [5, 5.41) is 3.58. The van der Waals surface area contributed by atoms with Crippen LogP contribution >= 0.6 is 11.8 Å². The molecule has 1 aliphatic rings. The highest BCUT2D eigenvalue weighted by Gasteiger charge is 2.24. The summed E-state index contributed by atoms with van der Waals surface area (Å²) >= 11 is 1.94. The van der Waals surface area contributed by atoms with Crippen LogP contribution in [0.2, 0.25) is 0 Å². The first kappa shape index (κ1) is 12.0. The Morgan fingerprint density at radius 1 is 1.31 bits per heavy atom. The summed E-state index contributed by atoms with van der Waals surface area (Å²) in [5.41, 5.74) is 3.12. The van der Waals surface area contributed by atoms with Crippen LogP contribution in [0.5, 0.6) is 0 Å². The number of rotatable bonds is 7. The first-order valence-electron chi connectivity index (χ1n) is 6.19. The number of hydrogen-bond donors (Lipinski definition) is 1. The Bertz CT molecular complexity index is 324. The molecule has 1 unspecified atom stereocenters. The summed E-state index contributed by atoms with van der Waals surface area (Å²) in [4.78, 5) is 0. The molecule has 1 aliphatic carbocycles. The lowest BCUT2D eigenvalue weighted by atomic mass is 9.77. The lowest BCUT2D eigenvalue weighted by Gasteiger charge is -2.30. The summed E-state index contributed by atoms with van der Waals surface area (Å²) in [7, 11) is 0. The predicted octanol–water partition coefficient (Wildman–Crippen LogP) is 3.06. The van der Waals surface area contributed by atoms with Gasteiger partial charge in [0.15, 0.2) is 0 Å². The number of benzene rings is 1. The summed E-state index contributed by atoms with van der Waals surface area (Å²) in [6.45, 7) is 2.34. The van der Waals surface area contributed by atoms with Gasteiger partial charge in [-0.2, -0.15) is 11.8 Å². The molecule has 0 aliphatic heterocycles. The van der Waals surface area contributed by atoms with E-state index in [2.05, 4.69) is 35.8 Å². The van der Waals surface area contributed by atoms with Gasteiger partial charge in [0.1, 0.15) is 0 Å². The molecule has 0 saturated carbocycles. The third-order valence-corrected chi connectivity index (χ3v) is 4.00. The van der Waals surface area contributed by atoms with Gasteiger partial charge in [-0.3, -0.25) is 0 Å². The molecule has 1 aromatic rings. The van der Waals surface area contributed by atoms with Gasteiger partial charge in [-0.05, 0) is 48.9 Å². The molecule has 1 nitrogen and oxygen atoms in total. The third-order valence-electron chi connectivity index (χ3n) is 3.30. The molecule has 0 amide bonds. The number of unbranched alkanes of at least 4 members (excludes halogenated alkanes) is 1. The smallest absolute Gasteiger partial charge is 0.00234 e. The van der Waals surface area contributed by atoms with Gasteiger partial charge in [-0.15, -0.1) is 0 Å².